The first-order chi connectivity index (χ1) is 12.2. The summed E-state index contributed by atoms with van der Waals surface area (Å²) in [4.78, 5) is 5.10. The third-order valence-corrected chi connectivity index (χ3v) is 5.67. The fourth-order valence-corrected chi connectivity index (χ4v) is 4.05. The highest BCUT2D eigenvalue weighted by atomic mass is 16.5. The smallest absolute Gasteiger partial charge is 0.119 e. The maximum absolute atomic E-state index is 5.92. The molecule has 138 valence electrons. The van der Waals surface area contributed by atoms with E-state index in [0.717, 1.165) is 37.9 Å². The van der Waals surface area contributed by atoms with Crippen LogP contribution in [0.15, 0.2) is 30.8 Å². The van der Waals surface area contributed by atoms with Crippen LogP contribution in [0.2, 0.25) is 0 Å². The van der Waals surface area contributed by atoms with Crippen LogP contribution in [0.3, 0.4) is 0 Å². The fourth-order valence-electron chi connectivity index (χ4n) is 4.05. The van der Waals surface area contributed by atoms with E-state index in [-0.39, 0.29) is 0 Å². The number of piperidine rings is 1. The minimum atomic E-state index is 0.755. The van der Waals surface area contributed by atoms with Gasteiger partial charge in [-0.15, -0.1) is 0 Å². The second kappa shape index (κ2) is 9.40. The summed E-state index contributed by atoms with van der Waals surface area (Å²) in [5.41, 5.74) is 2.46. The van der Waals surface area contributed by atoms with Crippen molar-refractivity contribution in [3.8, 4) is 5.75 Å². The molecule has 0 saturated carbocycles. The summed E-state index contributed by atoms with van der Waals surface area (Å²) in [5, 5.41) is 0. The number of rotatable bonds is 8. The highest BCUT2D eigenvalue weighted by molar-refractivity contribution is 5.65. The van der Waals surface area contributed by atoms with Crippen molar-refractivity contribution in [1.82, 2.24) is 9.80 Å². The Kier molecular flexibility index (Phi) is 6.94. The van der Waals surface area contributed by atoms with Gasteiger partial charge in [-0.3, -0.25) is 4.90 Å². The molecule has 1 atom stereocenters. The average molecular weight is 343 g/mol. The van der Waals surface area contributed by atoms with Crippen molar-refractivity contribution in [2.24, 2.45) is 0 Å². The van der Waals surface area contributed by atoms with E-state index in [1.54, 1.807) is 0 Å². The number of ether oxygens (including phenoxy) is 1. The number of benzene rings is 1. The molecule has 0 bridgehead atoms. The lowest BCUT2D eigenvalue weighted by Crippen LogP contribution is -2.30. The Hall–Kier alpha value is -1.32. The first kappa shape index (κ1) is 18.5. The molecule has 0 amide bonds. The van der Waals surface area contributed by atoms with Gasteiger partial charge in [-0.2, -0.15) is 0 Å². The van der Waals surface area contributed by atoms with Crippen molar-refractivity contribution in [1.29, 1.82) is 0 Å². The quantitative estimate of drug-likeness (QED) is 0.650. The van der Waals surface area contributed by atoms with Crippen LogP contribution in [0.4, 0.5) is 0 Å². The maximum atomic E-state index is 5.92. The Morgan fingerprint density at radius 3 is 2.52 bits per heavy atom. The largest absolute Gasteiger partial charge is 0.494 e. The molecule has 2 saturated heterocycles. The van der Waals surface area contributed by atoms with Crippen molar-refractivity contribution in [3.63, 3.8) is 0 Å². The zero-order valence-electron chi connectivity index (χ0n) is 15.9. The molecule has 25 heavy (non-hydrogen) atoms. The molecule has 3 heteroatoms. The molecule has 2 heterocycles. The van der Waals surface area contributed by atoms with E-state index in [4.69, 9.17) is 4.74 Å². The Labute approximate surface area is 153 Å². The van der Waals surface area contributed by atoms with Gasteiger partial charge >= 0.3 is 0 Å². The van der Waals surface area contributed by atoms with Crippen LogP contribution >= 0.6 is 0 Å². The third kappa shape index (κ3) is 5.58. The Morgan fingerprint density at radius 1 is 1.08 bits per heavy atom. The first-order valence-electron chi connectivity index (χ1n) is 10.1. The zero-order chi connectivity index (χ0) is 17.5. The molecule has 3 rings (SSSR count). The van der Waals surface area contributed by atoms with Crippen LogP contribution in [0, 0.1) is 0 Å². The highest BCUT2D eigenvalue weighted by Gasteiger charge is 2.19. The molecule has 0 N–H and O–H groups in total. The van der Waals surface area contributed by atoms with E-state index in [0.29, 0.717) is 0 Å². The molecule has 1 aromatic rings. The van der Waals surface area contributed by atoms with Crippen molar-refractivity contribution >= 4 is 5.57 Å². The Bertz CT molecular complexity index is 533. The van der Waals surface area contributed by atoms with Crippen LogP contribution < -0.4 is 4.74 Å². The predicted octanol–water partition coefficient (Wildman–Crippen LogP) is 4.44. The Morgan fingerprint density at radius 2 is 1.84 bits per heavy atom. The standard InChI is InChI=1S/C22H34N2O/c1-19(18-23-13-4-3-5-14-23)21-9-11-22(12-10-21)25-17-7-16-24-15-6-8-20(24)2/h9-12,20H,1,3-8,13-18H2,2H3/t20-/m1/s1. The summed E-state index contributed by atoms with van der Waals surface area (Å²) in [6.07, 6.45) is 7.85. The second-order valence-corrected chi connectivity index (χ2v) is 7.69. The van der Waals surface area contributed by atoms with Gasteiger partial charge in [0.2, 0.25) is 0 Å². The normalized spacial score (nSPS) is 22.2. The number of likely N-dealkylation sites (tertiary alicyclic amines) is 2. The molecule has 0 unspecified atom stereocenters. The minimum absolute atomic E-state index is 0.755. The van der Waals surface area contributed by atoms with Crippen molar-refractivity contribution in [2.75, 3.05) is 39.3 Å². The van der Waals surface area contributed by atoms with Crippen LogP contribution in [0.5, 0.6) is 5.75 Å². The van der Waals surface area contributed by atoms with E-state index in [9.17, 15) is 0 Å². The SMILES string of the molecule is C=C(CN1CCCCC1)c1ccc(OCCCN2CCC[C@H]2C)cc1. The topological polar surface area (TPSA) is 15.7 Å². The van der Waals surface area contributed by atoms with Crippen LogP contribution in [0.1, 0.15) is 51.0 Å². The summed E-state index contributed by atoms with van der Waals surface area (Å²) in [7, 11) is 0. The van der Waals surface area contributed by atoms with E-state index in [1.807, 2.05) is 0 Å². The molecule has 2 aliphatic rings. The summed E-state index contributed by atoms with van der Waals surface area (Å²) < 4.78 is 5.92. The summed E-state index contributed by atoms with van der Waals surface area (Å²) in [6.45, 7) is 13.3. The van der Waals surface area contributed by atoms with Crippen molar-refractivity contribution < 1.29 is 4.74 Å². The summed E-state index contributed by atoms with van der Waals surface area (Å²) >= 11 is 0. The van der Waals surface area contributed by atoms with Crippen molar-refractivity contribution in [2.45, 2.75) is 51.5 Å². The summed E-state index contributed by atoms with van der Waals surface area (Å²) in [5.74, 6) is 0.976. The highest BCUT2D eigenvalue weighted by Crippen LogP contribution is 2.21. The number of nitrogens with zero attached hydrogens (tertiary/aromatic N) is 2. The molecule has 1 aromatic carbocycles. The van der Waals surface area contributed by atoms with Gasteiger partial charge in [-0.1, -0.05) is 25.1 Å². The maximum Gasteiger partial charge on any atom is 0.119 e. The molecule has 2 fully saturated rings. The van der Waals surface area contributed by atoms with Gasteiger partial charge in [-0.05, 0) is 81.9 Å². The Balaban J connectivity index is 1.38. The van der Waals surface area contributed by atoms with Gasteiger partial charge in [0.05, 0.1) is 6.61 Å². The fraction of sp³-hybridized carbons (Fsp3) is 0.636. The molecular weight excluding hydrogens is 308 g/mol. The predicted molar refractivity (Wildman–Crippen MR) is 106 cm³/mol. The lowest BCUT2D eigenvalue weighted by Gasteiger charge is -2.27. The van der Waals surface area contributed by atoms with E-state index in [2.05, 4.69) is 47.6 Å². The lowest BCUT2D eigenvalue weighted by atomic mass is 10.1. The van der Waals surface area contributed by atoms with Crippen LogP contribution in [0.25, 0.3) is 5.57 Å². The molecule has 3 nitrogen and oxygen atoms in total. The van der Waals surface area contributed by atoms with Gasteiger partial charge in [0, 0.05) is 19.1 Å². The van der Waals surface area contributed by atoms with Gasteiger partial charge in [-0.25, -0.2) is 0 Å². The monoisotopic (exact) mass is 342 g/mol. The molecule has 0 aromatic heterocycles. The number of hydrogen-bond donors (Lipinski definition) is 0. The lowest BCUT2D eigenvalue weighted by molar-refractivity contribution is 0.230. The molecular formula is C22H34N2O. The average Bonchev–Trinajstić information content (AvgIpc) is 3.05. The van der Waals surface area contributed by atoms with E-state index in [1.165, 1.54) is 62.9 Å². The third-order valence-electron chi connectivity index (χ3n) is 5.67. The molecule has 0 radical (unpaired) electrons. The first-order valence-corrected chi connectivity index (χ1v) is 10.1. The van der Waals surface area contributed by atoms with Crippen molar-refractivity contribution in [3.05, 3.63) is 36.4 Å². The molecule has 2 aliphatic heterocycles. The zero-order valence-corrected chi connectivity index (χ0v) is 15.9. The van der Waals surface area contributed by atoms with E-state index >= 15 is 0 Å². The van der Waals surface area contributed by atoms with Gasteiger partial charge < -0.3 is 9.64 Å². The molecule has 0 spiro atoms. The van der Waals surface area contributed by atoms with E-state index < -0.39 is 0 Å². The summed E-state index contributed by atoms with van der Waals surface area (Å²) in [6, 6.07) is 9.25. The van der Waals surface area contributed by atoms with Crippen LogP contribution in [-0.2, 0) is 0 Å². The van der Waals surface area contributed by atoms with Gasteiger partial charge in [0.15, 0.2) is 0 Å². The second-order valence-electron chi connectivity index (χ2n) is 7.69. The minimum Gasteiger partial charge on any atom is -0.494 e. The van der Waals surface area contributed by atoms with Gasteiger partial charge in [0.25, 0.3) is 0 Å². The number of hydrogen-bond acceptors (Lipinski definition) is 3. The van der Waals surface area contributed by atoms with Crippen LogP contribution in [-0.4, -0.2) is 55.2 Å². The van der Waals surface area contributed by atoms with Gasteiger partial charge in [0.1, 0.15) is 5.75 Å². The molecule has 0 aliphatic carbocycles.